The van der Waals surface area contributed by atoms with Gasteiger partial charge >= 0.3 is 0 Å². The van der Waals surface area contributed by atoms with Crippen molar-refractivity contribution in [1.29, 1.82) is 0 Å². The molecule has 1 aliphatic rings. The molecule has 0 unspecified atom stereocenters. The second-order valence-electron chi connectivity index (χ2n) is 4.23. The van der Waals surface area contributed by atoms with Crippen molar-refractivity contribution < 1.29 is 4.79 Å². The molecular formula is C12H13N3OS. The van der Waals surface area contributed by atoms with Crippen LogP contribution in [0.3, 0.4) is 0 Å². The Hall–Kier alpha value is -1.62. The lowest BCUT2D eigenvalue weighted by molar-refractivity contribution is 0.0999. The quantitative estimate of drug-likeness (QED) is 0.882. The second-order valence-corrected chi connectivity index (χ2v) is 5.11. The predicted molar refractivity (Wildman–Crippen MR) is 67.0 cm³/mol. The van der Waals surface area contributed by atoms with Crippen LogP contribution in [0, 0.1) is 0 Å². The normalized spacial score (nSPS) is 14.6. The maximum Gasteiger partial charge on any atom is 0.250 e. The molecule has 2 N–H and O–H groups in total. The lowest BCUT2D eigenvalue weighted by atomic mass is 10.1. The number of thiazole rings is 1. The maximum atomic E-state index is 11.5. The fraction of sp³-hybridized carbons (Fsp3) is 0.333. The number of hydrogen-bond acceptors (Lipinski definition) is 3. The summed E-state index contributed by atoms with van der Waals surface area (Å²) >= 11 is 1.59. The van der Waals surface area contributed by atoms with Gasteiger partial charge < -0.3 is 10.3 Å². The smallest absolute Gasteiger partial charge is 0.250 e. The Bertz CT molecular complexity index is 557. The third kappa shape index (κ3) is 1.67. The van der Waals surface area contributed by atoms with Gasteiger partial charge in [-0.3, -0.25) is 9.78 Å². The largest absolute Gasteiger partial charge is 0.366 e. The average Bonchev–Trinajstić information content (AvgIpc) is 2.95. The number of nitrogens with two attached hydrogens (primary N) is 1. The van der Waals surface area contributed by atoms with Gasteiger partial charge in [0.25, 0.3) is 5.91 Å². The number of primary amides is 1. The van der Waals surface area contributed by atoms with Crippen LogP contribution in [0.4, 0.5) is 0 Å². The first-order valence-electron chi connectivity index (χ1n) is 5.68. The molecule has 1 aliphatic heterocycles. The molecule has 17 heavy (non-hydrogen) atoms. The lowest BCUT2D eigenvalue weighted by Gasteiger charge is -2.18. The van der Waals surface area contributed by atoms with E-state index in [-0.39, 0.29) is 5.91 Å². The second kappa shape index (κ2) is 4.00. The average molecular weight is 247 g/mol. The van der Waals surface area contributed by atoms with Crippen molar-refractivity contribution in [2.24, 2.45) is 5.73 Å². The number of fused-ring (bicyclic) bond motifs is 1. The molecule has 0 fully saturated rings. The molecule has 0 spiro atoms. The van der Waals surface area contributed by atoms with E-state index in [9.17, 15) is 4.79 Å². The van der Waals surface area contributed by atoms with E-state index in [2.05, 4.69) is 9.55 Å². The van der Waals surface area contributed by atoms with Crippen LogP contribution in [-0.4, -0.2) is 15.5 Å². The van der Waals surface area contributed by atoms with Gasteiger partial charge in [-0.1, -0.05) is 0 Å². The van der Waals surface area contributed by atoms with E-state index < -0.39 is 0 Å². The number of nitrogens with zero attached hydrogens (tertiary/aromatic N) is 2. The fourth-order valence-electron chi connectivity index (χ4n) is 2.44. The predicted octanol–water partition coefficient (Wildman–Crippen LogP) is 2.05. The van der Waals surface area contributed by atoms with Crippen LogP contribution in [0.5, 0.6) is 0 Å². The topological polar surface area (TPSA) is 60.9 Å². The van der Waals surface area contributed by atoms with Crippen molar-refractivity contribution in [3.05, 3.63) is 29.0 Å². The summed E-state index contributed by atoms with van der Waals surface area (Å²) in [6.45, 7) is 0.968. The van der Waals surface area contributed by atoms with Gasteiger partial charge in [0, 0.05) is 18.4 Å². The van der Waals surface area contributed by atoms with Crippen molar-refractivity contribution in [3.63, 3.8) is 0 Å². The molecule has 0 atom stereocenters. The van der Waals surface area contributed by atoms with E-state index in [1.807, 2.05) is 17.8 Å². The van der Waals surface area contributed by atoms with Crippen molar-refractivity contribution in [1.82, 2.24) is 9.55 Å². The van der Waals surface area contributed by atoms with Gasteiger partial charge in [-0.25, -0.2) is 0 Å². The summed E-state index contributed by atoms with van der Waals surface area (Å²) in [7, 11) is 0. The standard InChI is InChI=1S/C12H13N3OS/c13-12(16)8-5-10(11-6-14-7-17-11)15-4-2-1-3-9(8)15/h5-7H,1-4H2,(H2,13,16). The molecule has 5 heteroatoms. The van der Waals surface area contributed by atoms with Gasteiger partial charge in [0.15, 0.2) is 0 Å². The van der Waals surface area contributed by atoms with Gasteiger partial charge in [-0.2, -0.15) is 0 Å². The minimum atomic E-state index is -0.327. The molecule has 4 nitrogen and oxygen atoms in total. The minimum absolute atomic E-state index is 0.327. The van der Waals surface area contributed by atoms with E-state index in [4.69, 9.17) is 5.73 Å². The van der Waals surface area contributed by atoms with Gasteiger partial charge in [0.1, 0.15) is 0 Å². The lowest BCUT2D eigenvalue weighted by Crippen LogP contribution is -2.17. The first-order valence-corrected chi connectivity index (χ1v) is 6.56. The van der Waals surface area contributed by atoms with E-state index in [1.54, 1.807) is 11.3 Å². The Morgan fingerprint density at radius 3 is 3.06 bits per heavy atom. The Morgan fingerprint density at radius 2 is 2.35 bits per heavy atom. The van der Waals surface area contributed by atoms with E-state index in [0.717, 1.165) is 42.1 Å². The molecular weight excluding hydrogens is 234 g/mol. The van der Waals surface area contributed by atoms with Crippen molar-refractivity contribution in [3.8, 4) is 10.6 Å². The molecule has 1 amide bonds. The Kier molecular flexibility index (Phi) is 2.48. The summed E-state index contributed by atoms with van der Waals surface area (Å²) in [5.74, 6) is -0.327. The Balaban J connectivity index is 2.19. The highest BCUT2D eigenvalue weighted by Crippen LogP contribution is 2.31. The molecule has 3 rings (SSSR count). The van der Waals surface area contributed by atoms with E-state index in [1.165, 1.54) is 0 Å². The zero-order valence-electron chi connectivity index (χ0n) is 9.35. The highest BCUT2D eigenvalue weighted by atomic mass is 32.1. The summed E-state index contributed by atoms with van der Waals surface area (Å²) in [6.07, 6.45) is 5.07. The number of carbonyl (C=O) groups excluding carboxylic acids is 1. The van der Waals surface area contributed by atoms with E-state index in [0.29, 0.717) is 5.56 Å². The molecule has 0 aromatic carbocycles. The fourth-order valence-corrected chi connectivity index (χ4v) is 3.08. The summed E-state index contributed by atoms with van der Waals surface area (Å²) in [4.78, 5) is 16.6. The highest BCUT2D eigenvalue weighted by Gasteiger charge is 2.22. The molecule has 0 aliphatic carbocycles. The zero-order chi connectivity index (χ0) is 11.8. The molecule has 2 aromatic heterocycles. The number of rotatable bonds is 2. The molecule has 0 saturated carbocycles. The van der Waals surface area contributed by atoms with Crippen LogP contribution in [0.2, 0.25) is 0 Å². The zero-order valence-corrected chi connectivity index (χ0v) is 10.2. The Labute approximate surface area is 103 Å². The number of carbonyl (C=O) groups is 1. The molecule has 2 aromatic rings. The first-order chi connectivity index (χ1) is 8.27. The summed E-state index contributed by atoms with van der Waals surface area (Å²) in [5, 5.41) is 0. The van der Waals surface area contributed by atoms with Gasteiger partial charge in [-0.15, -0.1) is 11.3 Å². The SMILES string of the molecule is NC(=O)c1cc(-c2cncs2)n2c1CCCC2. The molecule has 3 heterocycles. The third-order valence-electron chi connectivity index (χ3n) is 3.20. The van der Waals surface area contributed by atoms with Crippen LogP contribution >= 0.6 is 11.3 Å². The number of aromatic nitrogens is 2. The molecule has 0 saturated heterocycles. The minimum Gasteiger partial charge on any atom is -0.366 e. The van der Waals surface area contributed by atoms with Crippen LogP contribution < -0.4 is 5.73 Å². The summed E-state index contributed by atoms with van der Waals surface area (Å²) < 4.78 is 2.22. The maximum absolute atomic E-state index is 11.5. The first kappa shape index (κ1) is 10.5. The van der Waals surface area contributed by atoms with Gasteiger partial charge in [0.2, 0.25) is 0 Å². The van der Waals surface area contributed by atoms with Crippen LogP contribution in [-0.2, 0) is 13.0 Å². The molecule has 0 radical (unpaired) electrons. The monoisotopic (exact) mass is 247 g/mol. The summed E-state index contributed by atoms with van der Waals surface area (Å²) in [6, 6.07) is 1.91. The highest BCUT2D eigenvalue weighted by molar-refractivity contribution is 7.13. The molecule has 88 valence electrons. The van der Waals surface area contributed by atoms with E-state index >= 15 is 0 Å². The van der Waals surface area contributed by atoms with Crippen LogP contribution in [0.15, 0.2) is 17.8 Å². The number of amides is 1. The number of hydrogen-bond donors (Lipinski definition) is 1. The van der Waals surface area contributed by atoms with Crippen LogP contribution in [0.25, 0.3) is 10.6 Å². The summed E-state index contributed by atoms with van der Waals surface area (Å²) in [5.41, 5.74) is 10.1. The van der Waals surface area contributed by atoms with Crippen molar-refractivity contribution >= 4 is 17.2 Å². The van der Waals surface area contributed by atoms with Gasteiger partial charge in [-0.05, 0) is 25.3 Å². The third-order valence-corrected chi connectivity index (χ3v) is 4.00. The van der Waals surface area contributed by atoms with Gasteiger partial charge in [0.05, 0.1) is 21.6 Å². The van der Waals surface area contributed by atoms with Crippen molar-refractivity contribution in [2.75, 3.05) is 0 Å². The Morgan fingerprint density at radius 1 is 1.47 bits per heavy atom. The van der Waals surface area contributed by atoms with Crippen molar-refractivity contribution in [2.45, 2.75) is 25.8 Å². The van der Waals surface area contributed by atoms with Crippen LogP contribution in [0.1, 0.15) is 28.9 Å². The molecule has 0 bridgehead atoms.